The van der Waals surface area contributed by atoms with Crippen molar-refractivity contribution in [1.29, 1.82) is 0 Å². The van der Waals surface area contributed by atoms with Crippen molar-refractivity contribution in [3.05, 3.63) is 34.3 Å². The van der Waals surface area contributed by atoms with Gasteiger partial charge in [-0.15, -0.1) is 0 Å². The van der Waals surface area contributed by atoms with Crippen LogP contribution in [0.25, 0.3) is 0 Å². The van der Waals surface area contributed by atoms with Crippen LogP contribution in [0.4, 0.5) is 0 Å². The first kappa shape index (κ1) is 15.9. The van der Waals surface area contributed by atoms with Gasteiger partial charge in [0.05, 0.1) is 12.2 Å². The van der Waals surface area contributed by atoms with Gasteiger partial charge in [0, 0.05) is 43.7 Å². The van der Waals surface area contributed by atoms with E-state index in [1.54, 1.807) is 0 Å². The molecule has 4 nitrogen and oxygen atoms in total. The number of aliphatic hydroxyl groups excluding tert-OH is 2. The van der Waals surface area contributed by atoms with E-state index in [0.717, 1.165) is 42.8 Å². The van der Waals surface area contributed by atoms with Gasteiger partial charge in [0.15, 0.2) is 0 Å². The second-order valence-corrected chi connectivity index (χ2v) is 6.43. The third kappa shape index (κ3) is 4.82. The number of halogens is 1. The van der Waals surface area contributed by atoms with Gasteiger partial charge >= 0.3 is 0 Å². The maximum absolute atomic E-state index is 10.3. The van der Waals surface area contributed by atoms with E-state index < -0.39 is 6.10 Å². The van der Waals surface area contributed by atoms with Gasteiger partial charge < -0.3 is 10.2 Å². The molecule has 1 aromatic carbocycles. The Kier molecular flexibility index (Phi) is 5.99. The summed E-state index contributed by atoms with van der Waals surface area (Å²) in [5.74, 6) is 0. The van der Waals surface area contributed by atoms with E-state index in [1.165, 1.54) is 0 Å². The van der Waals surface area contributed by atoms with Crippen molar-refractivity contribution >= 4 is 15.9 Å². The van der Waals surface area contributed by atoms with Crippen LogP contribution in [0, 0.1) is 0 Å². The molecule has 1 heterocycles. The van der Waals surface area contributed by atoms with E-state index >= 15 is 0 Å². The predicted octanol–water partition coefficient (Wildman–Crippen LogP) is 1.48. The molecule has 112 valence electrons. The molecular weight excluding hydrogens is 320 g/mol. The zero-order chi connectivity index (χ0) is 14.5. The predicted molar refractivity (Wildman–Crippen MR) is 83.7 cm³/mol. The number of piperazine rings is 1. The lowest BCUT2D eigenvalue weighted by Gasteiger charge is -2.36. The first-order valence-corrected chi connectivity index (χ1v) is 7.90. The summed E-state index contributed by atoms with van der Waals surface area (Å²) in [5, 5.41) is 19.7. The fraction of sp³-hybridized carbons (Fsp3) is 0.600. The number of benzene rings is 1. The number of rotatable bonds is 5. The van der Waals surface area contributed by atoms with Crippen molar-refractivity contribution in [2.45, 2.75) is 19.1 Å². The van der Waals surface area contributed by atoms with Gasteiger partial charge in [-0.2, -0.15) is 0 Å². The highest BCUT2D eigenvalue weighted by Gasteiger charge is 2.20. The average Bonchev–Trinajstić information content (AvgIpc) is 2.41. The fourth-order valence-corrected chi connectivity index (χ4v) is 2.83. The highest BCUT2D eigenvalue weighted by atomic mass is 79.9. The van der Waals surface area contributed by atoms with Crippen molar-refractivity contribution < 1.29 is 10.2 Å². The summed E-state index contributed by atoms with van der Waals surface area (Å²) in [4.78, 5) is 4.55. The SMILES string of the molecule is CC(O)CN1CCN(CC(O)c2ccc(Br)cc2)CC1. The number of β-amino-alcohol motifs (C(OH)–C–C–N with tert-alkyl or cyclic N) is 2. The van der Waals surface area contributed by atoms with Crippen LogP contribution >= 0.6 is 15.9 Å². The van der Waals surface area contributed by atoms with Crippen molar-refractivity contribution in [2.24, 2.45) is 0 Å². The van der Waals surface area contributed by atoms with Gasteiger partial charge in [0.25, 0.3) is 0 Å². The molecule has 5 heteroatoms. The summed E-state index contributed by atoms with van der Waals surface area (Å²) < 4.78 is 1.03. The second-order valence-electron chi connectivity index (χ2n) is 5.52. The minimum atomic E-state index is -0.439. The van der Waals surface area contributed by atoms with Crippen LogP contribution < -0.4 is 0 Å². The van der Waals surface area contributed by atoms with Gasteiger partial charge in [-0.1, -0.05) is 28.1 Å². The molecule has 1 fully saturated rings. The molecule has 20 heavy (non-hydrogen) atoms. The Morgan fingerprint density at radius 1 is 1.00 bits per heavy atom. The second kappa shape index (κ2) is 7.52. The Bertz CT molecular complexity index is 403. The third-order valence-electron chi connectivity index (χ3n) is 3.67. The molecule has 0 radical (unpaired) electrons. The highest BCUT2D eigenvalue weighted by molar-refractivity contribution is 9.10. The van der Waals surface area contributed by atoms with Gasteiger partial charge in [0.2, 0.25) is 0 Å². The lowest BCUT2D eigenvalue weighted by atomic mass is 10.1. The van der Waals surface area contributed by atoms with Crippen molar-refractivity contribution in [3.63, 3.8) is 0 Å². The van der Waals surface area contributed by atoms with Crippen molar-refractivity contribution in [1.82, 2.24) is 9.80 Å². The number of aliphatic hydroxyl groups is 2. The van der Waals surface area contributed by atoms with E-state index in [2.05, 4.69) is 25.7 Å². The zero-order valence-corrected chi connectivity index (χ0v) is 13.5. The summed E-state index contributed by atoms with van der Waals surface area (Å²) in [6.45, 7) is 7.04. The maximum atomic E-state index is 10.3. The van der Waals surface area contributed by atoms with Crippen LogP contribution in [0.2, 0.25) is 0 Å². The van der Waals surface area contributed by atoms with E-state index in [0.29, 0.717) is 6.54 Å². The molecule has 1 aliphatic rings. The number of hydrogen-bond acceptors (Lipinski definition) is 4. The first-order valence-electron chi connectivity index (χ1n) is 7.11. The minimum absolute atomic E-state index is 0.269. The molecule has 2 rings (SSSR count). The summed E-state index contributed by atoms with van der Waals surface area (Å²) in [6.07, 6.45) is -0.707. The Morgan fingerprint density at radius 3 is 2.00 bits per heavy atom. The summed E-state index contributed by atoms with van der Waals surface area (Å²) in [5.41, 5.74) is 0.958. The van der Waals surface area contributed by atoms with Gasteiger partial charge in [-0.05, 0) is 24.6 Å². The molecule has 1 aromatic rings. The number of nitrogens with zero attached hydrogens (tertiary/aromatic N) is 2. The van der Waals surface area contributed by atoms with Gasteiger partial charge in [-0.3, -0.25) is 9.80 Å². The van der Waals surface area contributed by atoms with Crippen LogP contribution in [0.3, 0.4) is 0 Å². The van der Waals surface area contributed by atoms with Crippen LogP contribution in [0.15, 0.2) is 28.7 Å². The normalized spacial score (nSPS) is 20.8. The lowest BCUT2D eigenvalue weighted by Crippen LogP contribution is -2.49. The van der Waals surface area contributed by atoms with Crippen molar-refractivity contribution in [2.75, 3.05) is 39.3 Å². The van der Waals surface area contributed by atoms with Crippen LogP contribution in [0.1, 0.15) is 18.6 Å². The molecule has 0 saturated carbocycles. The lowest BCUT2D eigenvalue weighted by molar-refractivity contribution is 0.0526. The molecule has 2 N–H and O–H groups in total. The molecule has 2 unspecified atom stereocenters. The molecule has 1 saturated heterocycles. The summed E-state index contributed by atoms with van der Waals surface area (Å²) >= 11 is 3.40. The standard InChI is InChI=1S/C15H23BrN2O2/c1-12(19)10-17-6-8-18(9-7-17)11-15(20)13-2-4-14(16)5-3-13/h2-5,12,15,19-20H,6-11H2,1H3. The zero-order valence-electron chi connectivity index (χ0n) is 11.9. The van der Waals surface area contributed by atoms with Gasteiger partial charge in [-0.25, -0.2) is 0 Å². The average molecular weight is 343 g/mol. The Balaban J connectivity index is 1.79. The van der Waals surface area contributed by atoms with E-state index in [9.17, 15) is 10.2 Å². The molecule has 2 atom stereocenters. The van der Waals surface area contributed by atoms with E-state index in [1.807, 2.05) is 31.2 Å². The minimum Gasteiger partial charge on any atom is -0.392 e. The Labute approximate surface area is 129 Å². The molecule has 1 aliphatic heterocycles. The van der Waals surface area contributed by atoms with Crippen LogP contribution in [-0.2, 0) is 0 Å². The first-order chi connectivity index (χ1) is 9.54. The molecule has 0 bridgehead atoms. The maximum Gasteiger partial charge on any atom is 0.0916 e. The molecule has 0 spiro atoms. The van der Waals surface area contributed by atoms with E-state index in [-0.39, 0.29) is 6.10 Å². The van der Waals surface area contributed by atoms with E-state index in [4.69, 9.17) is 0 Å². The Morgan fingerprint density at radius 2 is 1.50 bits per heavy atom. The van der Waals surface area contributed by atoms with Crippen LogP contribution in [0.5, 0.6) is 0 Å². The summed E-state index contributed by atoms with van der Waals surface area (Å²) in [6, 6.07) is 7.83. The fourth-order valence-electron chi connectivity index (χ4n) is 2.56. The third-order valence-corrected chi connectivity index (χ3v) is 4.20. The molecule has 0 aromatic heterocycles. The largest absolute Gasteiger partial charge is 0.392 e. The van der Waals surface area contributed by atoms with Gasteiger partial charge in [0.1, 0.15) is 0 Å². The monoisotopic (exact) mass is 342 g/mol. The van der Waals surface area contributed by atoms with Crippen molar-refractivity contribution in [3.8, 4) is 0 Å². The molecule has 0 amide bonds. The van der Waals surface area contributed by atoms with Crippen LogP contribution in [-0.4, -0.2) is 65.4 Å². The molecule has 0 aliphatic carbocycles. The Hall–Kier alpha value is -0.460. The topological polar surface area (TPSA) is 46.9 Å². The quantitative estimate of drug-likeness (QED) is 0.850. The number of hydrogen-bond donors (Lipinski definition) is 2. The smallest absolute Gasteiger partial charge is 0.0916 e. The molecular formula is C15H23BrN2O2. The summed E-state index contributed by atoms with van der Waals surface area (Å²) in [7, 11) is 0. The highest BCUT2D eigenvalue weighted by Crippen LogP contribution is 2.18.